The van der Waals surface area contributed by atoms with Crippen molar-refractivity contribution in [3.8, 4) is 0 Å². The van der Waals surface area contributed by atoms with Crippen molar-refractivity contribution in [3.63, 3.8) is 0 Å². The molecule has 2 fully saturated rings. The van der Waals surface area contributed by atoms with E-state index in [1.54, 1.807) is 4.90 Å². The summed E-state index contributed by atoms with van der Waals surface area (Å²) < 4.78 is 5.08. The third-order valence-electron chi connectivity index (χ3n) is 4.76. The lowest BCUT2D eigenvalue weighted by Crippen LogP contribution is -2.54. The summed E-state index contributed by atoms with van der Waals surface area (Å²) in [4.78, 5) is 23.2. The van der Waals surface area contributed by atoms with Crippen LogP contribution in [-0.4, -0.2) is 92.3 Å². The van der Waals surface area contributed by atoms with Gasteiger partial charge in [-0.1, -0.05) is 6.92 Å². The van der Waals surface area contributed by atoms with E-state index >= 15 is 0 Å². The molecule has 25 heavy (non-hydrogen) atoms. The summed E-state index contributed by atoms with van der Waals surface area (Å²) in [5.41, 5.74) is 0. The van der Waals surface area contributed by atoms with Gasteiger partial charge in [0, 0.05) is 45.8 Å². The molecule has 0 radical (unpaired) electrons. The lowest BCUT2D eigenvalue weighted by Gasteiger charge is -2.36. The molecular formula is C17H34IN5O2. The first-order valence-corrected chi connectivity index (χ1v) is 9.35. The number of nitrogens with one attached hydrogen (secondary N) is 1. The Bertz CT molecular complexity index is 427. The van der Waals surface area contributed by atoms with E-state index in [1.807, 2.05) is 6.92 Å². The van der Waals surface area contributed by atoms with Crippen LogP contribution in [0, 0.1) is 5.92 Å². The van der Waals surface area contributed by atoms with Crippen LogP contribution in [0.25, 0.3) is 0 Å². The van der Waals surface area contributed by atoms with Crippen LogP contribution in [0.4, 0.5) is 4.79 Å². The average Bonchev–Trinajstić information content (AvgIpc) is 3.07. The third kappa shape index (κ3) is 6.80. The molecular weight excluding hydrogens is 433 g/mol. The average molecular weight is 467 g/mol. The molecule has 146 valence electrons. The molecule has 1 unspecified atom stereocenters. The number of guanidine groups is 1. The minimum atomic E-state index is -0.204. The first-order valence-electron chi connectivity index (χ1n) is 9.35. The van der Waals surface area contributed by atoms with Gasteiger partial charge >= 0.3 is 6.09 Å². The summed E-state index contributed by atoms with van der Waals surface area (Å²) in [7, 11) is 0. The molecule has 0 spiro atoms. The number of halogens is 1. The largest absolute Gasteiger partial charge is 0.450 e. The number of carbonyl (C=O) groups is 1. The number of rotatable bonds is 5. The Labute approximate surface area is 169 Å². The molecule has 1 atom stereocenters. The minimum absolute atomic E-state index is 0. The SMILES string of the molecule is CCNC(=NCC1CCN(CC)C1)N1CCN(C(=O)OCC)CC1.I. The van der Waals surface area contributed by atoms with E-state index in [1.165, 1.54) is 13.0 Å². The zero-order chi connectivity index (χ0) is 17.4. The normalized spacial score (nSPS) is 21.9. The summed E-state index contributed by atoms with van der Waals surface area (Å²) >= 11 is 0. The van der Waals surface area contributed by atoms with Gasteiger partial charge in [0.2, 0.25) is 0 Å². The van der Waals surface area contributed by atoms with Crippen LogP contribution in [0.2, 0.25) is 0 Å². The molecule has 8 heteroatoms. The zero-order valence-corrected chi connectivity index (χ0v) is 18.2. The van der Waals surface area contributed by atoms with E-state index in [-0.39, 0.29) is 30.1 Å². The number of carbonyl (C=O) groups excluding carboxylic acids is 1. The van der Waals surface area contributed by atoms with Gasteiger partial charge in [0.05, 0.1) is 6.61 Å². The van der Waals surface area contributed by atoms with E-state index in [4.69, 9.17) is 9.73 Å². The molecule has 7 nitrogen and oxygen atoms in total. The van der Waals surface area contributed by atoms with Crippen molar-refractivity contribution in [1.82, 2.24) is 20.0 Å². The molecule has 0 aromatic carbocycles. The number of aliphatic imine (C=N–C) groups is 1. The highest BCUT2D eigenvalue weighted by Gasteiger charge is 2.25. The fourth-order valence-corrected chi connectivity index (χ4v) is 3.31. The van der Waals surface area contributed by atoms with Crippen LogP contribution in [0.3, 0.4) is 0 Å². The Morgan fingerprint density at radius 3 is 2.36 bits per heavy atom. The van der Waals surface area contributed by atoms with E-state index in [9.17, 15) is 4.79 Å². The van der Waals surface area contributed by atoms with Gasteiger partial charge in [-0.2, -0.15) is 0 Å². The highest BCUT2D eigenvalue weighted by Crippen LogP contribution is 2.16. The predicted octanol–water partition coefficient (Wildman–Crippen LogP) is 1.69. The topological polar surface area (TPSA) is 60.4 Å². The first kappa shape index (κ1) is 22.3. The molecule has 2 heterocycles. The number of likely N-dealkylation sites (tertiary alicyclic amines) is 1. The minimum Gasteiger partial charge on any atom is -0.450 e. The van der Waals surface area contributed by atoms with E-state index in [0.717, 1.165) is 45.2 Å². The highest BCUT2D eigenvalue weighted by atomic mass is 127. The fourth-order valence-electron chi connectivity index (χ4n) is 3.31. The standard InChI is InChI=1S/C17H33N5O2.HI/c1-4-18-16(19-13-15-7-8-20(5-2)14-15)21-9-11-22(12-10-21)17(23)24-6-3;/h15H,4-14H2,1-3H3,(H,18,19);1H. The van der Waals surface area contributed by atoms with E-state index in [2.05, 4.69) is 29.0 Å². The van der Waals surface area contributed by atoms with Crippen molar-refractivity contribution in [2.45, 2.75) is 27.2 Å². The number of amides is 1. The number of nitrogens with zero attached hydrogens (tertiary/aromatic N) is 4. The quantitative estimate of drug-likeness (QED) is 0.379. The second-order valence-corrected chi connectivity index (χ2v) is 6.42. The summed E-state index contributed by atoms with van der Waals surface area (Å²) in [6.45, 7) is 14.8. The fraction of sp³-hybridized carbons (Fsp3) is 0.882. The molecule has 0 aromatic heterocycles. The first-order chi connectivity index (χ1) is 11.7. The molecule has 2 saturated heterocycles. The van der Waals surface area contributed by atoms with Crippen molar-refractivity contribution in [2.24, 2.45) is 10.9 Å². The highest BCUT2D eigenvalue weighted by molar-refractivity contribution is 14.0. The Hall–Kier alpha value is -0.770. The maximum Gasteiger partial charge on any atom is 0.409 e. The molecule has 2 rings (SSSR count). The molecule has 1 amide bonds. The van der Waals surface area contributed by atoms with Crippen molar-refractivity contribution < 1.29 is 9.53 Å². The lowest BCUT2D eigenvalue weighted by molar-refractivity contribution is 0.0914. The summed E-state index contributed by atoms with van der Waals surface area (Å²) in [5.74, 6) is 1.65. The van der Waals surface area contributed by atoms with Gasteiger partial charge < -0.3 is 24.8 Å². The number of hydrogen-bond acceptors (Lipinski definition) is 4. The number of hydrogen-bond donors (Lipinski definition) is 1. The van der Waals surface area contributed by atoms with Crippen LogP contribution < -0.4 is 5.32 Å². The van der Waals surface area contributed by atoms with Gasteiger partial charge in [-0.25, -0.2) is 4.79 Å². The van der Waals surface area contributed by atoms with Gasteiger partial charge in [0.25, 0.3) is 0 Å². The Morgan fingerprint density at radius 2 is 1.80 bits per heavy atom. The van der Waals surface area contributed by atoms with Crippen molar-refractivity contribution in [3.05, 3.63) is 0 Å². The van der Waals surface area contributed by atoms with Crippen LogP contribution in [-0.2, 0) is 4.74 Å². The van der Waals surface area contributed by atoms with Gasteiger partial charge in [0.1, 0.15) is 0 Å². The molecule has 1 N–H and O–H groups in total. The molecule has 0 saturated carbocycles. The smallest absolute Gasteiger partial charge is 0.409 e. The second kappa shape index (κ2) is 11.8. The monoisotopic (exact) mass is 467 g/mol. The lowest BCUT2D eigenvalue weighted by atomic mass is 10.1. The Balaban J connectivity index is 0.00000312. The number of piperazine rings is 1. The van der Waals surface area contributed by atoms with E-state index < -0.39 is 0 Å². The Morgan fingerprint density at radius 1 is 1.12 bits per heavy atom. The molecule has 0 bridgehead atoms. The van der Waals surface area contributed by atoms with Crippen molar-refractivity contribution in [1.29, 1.82) is 0 Å². The van der Waals surface area contributed by atoms with Crippen LogP contribution in [0.5, 0.6) is 0 Å². The maximum atomic E-state index is 11.8. The second-order valence-electron chi connectivity index (χ2n) is 6.42. The van der Waals surface area contributed by atoms with Crippen LogP contribution in [0.15, 0.2) is 4.99 Å². The van der Waals surface area contributed by atoms with Gasteiger partial charge in [-0.15, -0.1) is 24.0 Å². The summed E-state index contributed by atoms with van der Waals surface area (Å²) in [5, 5.41) is 3.40. The predicted molar refractivity (Wildman–Crippen MR) is 112 cm³/mol. The van der Waals surface area contributed by atoms with Crippen LogP contribution >= 0.6 is 24.0 Å². The van der Waals surface area contributed by atoms with Crippen molar-refractivity contribution >= 4 is 36.0 Å². The van der Waals surface area contributed by atoms with Crippen molar-refractivity contribution in [2.75, 3.05) is 65.5 Å². The van der Waals surface area contributed by atoms with Gasteiger partial charge in [0.15, 0.2) is 5.96 Å². The third-order valence-corrected chi connectivity index (χ3v) is 4.76. The van der Waals surface area contributed by atoms with Gasteiger partial charge in [-0.05, 0) is 39.3 Å². The zero-order valence-electron chi connectivity index (χ0n) is 15.9. The molecule has 2 aliphatic heterocycles. The molecule has 0 aromatic rings. The number of ether oxygens (including phenoxy) is 1. The maximum absolute atomic E-state index is 11.8. The van der Waals surface area contributed by atoms with Crippen LogP contribution in [0.1, 0.15) is 27.2 Å². The molecule has 0 aliphatic carbocycles. The molecule has 2 aliphatic rings. The summed E-state index contributed by atoms with van der Waals surface area (Å²) in [6.07, 6.45) is 1.04. The summed E-state index contributed by atoms with van der Waals surface area (Å²) in [6, 6.07) is 0. The van der Waals surface area contributed by atoms with E-state index in [0.29, 0.717) is 25.6 Å². The Kier molecular flexibility index (Phi) is 10.5. The van der Waals surface area contributed by atoms with Gasteiger partial charge in [-0.3, -0.25) is 4.99 Å².